The number of para-hydroxylation sites is 1. The fourth-order valence-corrected chi connectivity index (χ4v) is 7.38. The zero-order valence-electron chi connectivity index (χ0n) is 25.4. The fourth-order valence-electron chi connectivity index (χ4n) is 7.38. The molecule has 218 valence electrons. The van der Waals surface area contributed by atoms with Crippen LogP contribution in [0, 0.1) is 0 Å². The molecule has 0 bridgehead atoms. The Hall–Kier alpha value is -6.32. The molecule has 0 saturated heterocycles. The Morgan fingerprint density at radius 1 is 0.340 bits per heavy atom. The van der Waals surface area contributed by atoms with E-state index in [1.165, 1.54) is 53.9 Å². The molecule has 0 aliphatic carbocycles. The van der Waals surface area contributed by atoms with Gasteiger partial charge in [0, 0.05) is 21.9 Å². The molecule has 0 aliphatic heterocycles. The van der Waals surface area contributed by atoms with Crippen molar-refractivity contribution in [2.24, 2.45) is 0 Å². The van der Waals surface area contributed by atoms with Crippen LogP contribution in [0.25, 0.3) is 93.4 Å². The van der Waals surface area contributed by atoms with Gasteiger partial charge in [0.2, 0.25) is 5.95 Å². The van der Waals surface area contributed by atoms with Crippen molar-refractivity contribution in [2.75, 3.05) is 0 Å². The average Bonchev–Trinajstić information content (AvgIpc) is 3.49. The lowest BCUT2D eigenvalue weighted by atomic mass is 9.94. The van der Waals surface area contributed by atoms with Gasteiger partial charge in [-0.25, -0.2) is 9.97 Å². The van der Waals surface area contributed by atoms with Crippen molar-refractivity contribution in [3.05, 3.63) is 164 Å². The first-order valence-corrected chi connectivity index (χ1v) is 16.0. The van der Waals surface area contributed by atoms with Crippen LogP contribution in [0.2, 0.25) is 0 Å². The molecule has 10 rings (SSSR count). The number of hydrogen-bond donors (Lipinski definition) is 0. The van der Waals surface area contributed by atoms with Gasteiger partial charge in [-0.2, -0.15) is 0 Å². The molecule has 0 aliphatic rings. The van der Waals surface area contributed by atoms with Gasteiger partial charge in [-0.05, 0) is 67.4 Å². The zero-order chi connectivity index (χ0) is 30.9. The van der Waals surface area contributed by atoms with E-state index in [2.05, 4.69) is 162 Å². The van der Waals surface area contributed by atoms with Crippen molar-refractivity contribution >= 4 is 64.9 Å². The van der Waals surface area contributed by atoms with E-state index in [0.717, 1.165) is 33.5 Å². The molecule has 47 heavy (non-hydrogen) atoms. The molecule has 0 spiro atoms. The molecule has 10 aromatic rings. The SMILES string of the molecule is c1ccc(-c2cc(-c3ccc4ccccc4c3)nc(-n3c4ccccc4c4c5ccc6ccc7ccccc7c6c5ccc43)n2)cc1. The second-order valence-electron chi connectivity index (χ2n) is 12.2. The van der Waals surface area contributed by atoms with E-state index in [4.69, 9.17) is 9.97 Å². The van der Waals surface area contributed by atoms with Crippen LogP contribution in [0.1, 0.15) is 0 Å². The molecule has 0 unspecified atom stereocenters. The van der Waals surface area contributed by atoms with E-state index in [-0.39, 0.29) is 0 Å². The predicted molar refractivity (Wildman–Crippen MR) is 197 cm³/mol. The van der Waals surface area contributed by atoms with Gasteiger partial charge in [0.1, 0.15) is 0 Å². The Balaban J connectivity index is 1.29. The summed E-state index contributed by atoms with van der Waals surface area (Å²) in [4.78, 5) is 10.6. The van der Waals surface area contributed by atoms with Crippen LogP contribution in [0.15, 0.2) is 164 Å². The highest BCUT2D eigenvalue weighted by molar-refractivity contribution is 6.29. The quantitative estimate of drug-likeness (QED) is 0.190. The van der Waals surface area contributed by atoms with E-state index in [9.17, 15) is 0 Å². The van der Waals surface area contributed by atoms with Crippen molar-refractivity contribution in [2.45, 2.75) is 0 Å². The summed E-state index contributed by atoms with van der Waals surface area (Å²) in [6.07, 6.45) is 0. The first kappa shape index (κ1) is 26.0. The standard InChI is InChI=1S/C44H27N3/c1-2-12-30(13-3-1)38-27-39(33-21-18-28-10-4-5-14-32(28)26-33)46-44(45-38)47-40-17-9-8-16-37(40)43-36-23-22-31-20-19-29-11-6-7-15-34(29)42(31)35(36)24-25-41(43)47/h1-27H. The molecule has 8 aromatic carbocycles. The minimum Gasteiger partial charge on any atom is -0.278 e. The highest BCUT2D eigenvalue weighted by Crippen LogP contribution is 2.41. The van der Waals surface area contributed by atoms with Crippen LogP contribution in [0.4, 0.5) is 0 Å². The Labute approximate surface area is 271 Å². The maximum Gasteiger partial charge on any atom is 0.235 e. The third-order valence-electron chi connectivity index (χ3n) is 9.57. The van der Waals surface area contributed by atoms with Crippen LogP contribution in [0.3, 0.4) is 0 Å². The molecule has 3 nitrogen and oxygen atoms in total. The van der Waals surface area contributed by atoms with E-state index in [0.29, 0.717) is 5.95 Å². The molecule has 0 saturated carbocycles. The minimum absolute atomic E-state index is 0.659. The first-order chi connectivity index (χ1) is 23.3. The lowest BCUT2D eigenvalue weighted by Gasteiger charge is -2.13. The summed E-state index contributed by atoms with van der Waals surface area (Å²) < 4.78 is 2.24. The van der Waals surface area contributed by atoms with Gasteiger partial charge in [0.25, 0.3) is 0 Å². The Bertz CT molecular complexity index is 2850. The summed E-state index contributed by atoms with van der Waals surface area (Å²) in [5.41, 5.74) is 6.08. The fraction of sp³-hybridized carbons (Fsp3) is 0. The van der Waals surface area contributed by atoms with Crippen molar-refractivity contribution < 1.29 is 0 Å². The molecule has 2 aromatic heterocycles. The van der Waals surface area contributed by atoms with Gasteiger partial charge < -0.3 is 0 Å². The Kier molecular flexibility index (Phi) is 5.57. The summed E-state index contributed by atoms with van der Waals surface area (Å²) in [6.45, 7) is 0. The maximum absolute atomic E-state index is 5.30. The zero-order valence-corrected chi connectivity index (χ0v) is 25.4. The second-order valence-corrected chi connectivity index (χ2v) is 12.2. The highest BCUT2D eigenvalue weighted by atomic mass is 15.2. The molecule has 0 N–H and O–H groups in total. The van der Waals surface area contributed by atoms with Crippen LogP contribution in [-0.4, -0.2) is 14.5 Å². The summed E-state index contributed by atoms with van der Waals surface area (Å²) >= 11 is 0. The molecular weight excluding hydrogens is 571 g/mol. The monoisotopic (exact) mass is 597 g/mol. The third kappa shape index (κ3) is 4.00. The number of fused-ring (bicyclic) bond motifs is 10. The number of rotatable bonds is 3. The van der Waals surface area contributed by atoms with Crippen molar-refractivity contribution in [3.63, 3.8) is 0 Å². The summed E-state index contributed by atoms with van der Waals surface area (Å²) in [5.74, 6) is 0.659. The van der Waals surface area contributed by atoms with Crippen LogP contribution in [-0.2, 0) is 0 Å². The molecule has 0 fully saturated rings. The molecule has 0 atom stereocenters. The summed E-state index contributed by atoms with van der Waals surface area (Å²) in [6, 6.07) is 58.4. The van der Waals surface area contributed by atoms with E-state index >= 15 is 0 Å². The second kappa shape index (κ2) is 10.1. The van der Waals surface area contributed by atoms with Crippen molar-refractivity contribution in [1.29, 1.82) is 0 Å². The molecule has 0 amide bonds. The third-order valence-corrected chi connectivity index (χ3v) is 9.57. The van der Waals surface area contributed by atoms with Gasteiger partial charge >= 0.3 is 0 Å². The van der Waals surface area contributed by atoms with Gasteiger partial charge in [0.15, 0.2) is 0 Å². The lowest BCUT2D eigenvalue weighted by molar-refractivity contribution is 0.996. The summed E-state index contributed by atoms with van der Waals surface area (Å²) in [7, 11) is 0. The number of nitrogens with zero attached hydrogens (tertiary/aromatic N) is 3. The maximum atomic E-state index is 5.30. The largest absolute Gasteiger partial charge is 0.278 e. The van der Waals surface area contributed by atoms with E-state index in [1.807, 2.05) is 6.07 Å². The van der Waals surface area contributed by atoms with Crippen molar-refractivity contribution in [3.8, 4) is 28.5 Å². The average molecular weight is 598 g/mol. The topological polar surface area (TPSA) is 30.7 Å². The highest BCUT2D eigenvalue weighted by Gasteiger charge is 2.19. The molecule has 0 radical (unpaired) electrons. The molecular formula is C44H27N3. The minimum atomic E-state index is 0.659. The Morgan fingerprint density at radius 3 is 1.83 bits per heavy atom. The summed E-state index contributed by atoms with van der Waals surface area (Å²) in [5, 5.41) is 12.4. The normalized spacial score (nSPS) is 11.8. The number of benzene rings is 8. The van der Waals surface area contributed by atoms with Gasteiger partial charge in [-0.3, -0.25) is 4.57 Å². The van der Waals surface area contributed by atoms with Gasteiger partial charge in [-0.15, -0.1) is 0 Å². The number of hydrogen-bond acceptors (Lipinski definition) is 2. The van der Waals surface area contributed by atoms with Crippen molar-refractivity contribution in [1.82, 2.24) is 14.5 Å². The van der Waals surface area contributed by atoms with Crippen LogP contribution in [0.5, 0.6) is 0 Å². The lowest BCUT2D eigenvalue weighted by Crippen LogP contribution is -2.04. The predicted octanol–water partition coefficient (Wildman–Crippen LogP) is 11.5. The molecule has 3 heteroatoms. The van der Waals surface area contributed by atoms with E-state index < -0.39 is 0 Å². The van der Waals surface area contributed by atoms with Gasteiger partial charge in [-0.1, -0.05) is 140 Å². The van der Waals surface area contributed by atoms with E-state index in [1.54, 1.807) is 0 Å². The van der Waals surface area contributed by atoms with Gasteiger partial charge in [0.05, 0.1) is 22.4 Å². The number of aromatic nitrogens is 3. The first-order valence-electron chi connectivity index (χ1n) is 16.0. The molecule has 2 heterocycles. The smallest absolute Gasteiger partial charge is 0.235 e. The van der Waals surface area contributed by atoms with Crippen LogP contribution < -0.4 is 0 Å². The Morgan fingerprint density at radius 2 is 0.957 bits per heavy atom. The van der Waals surface area contributed by atoms with Crippen LogP contribution >= 0.6 is 0 Å².